The van der Waals surface area contributed by atoms with Gasteiger partial charge < -0.3 is 9.15 Å². The predicted molar refractivity (Wildman–Crippen MR) is 142 cm³/mol. The van der Waals surface area contributed by atoms with E-state index in [4.69, 9.17) is 9.15 Å². The first-order valence-corrected chi connectivity index (χ1v) is 12.2. The highest BCUT2D eigenvalue weighted by Gasteiger charge is 2.28. The quantitative estimate of drug-likeness (QED) is 0.346. The van der Waals surface area contributed by atoms with Gasteiger partial charge in [-0.3, -0.25) is 25.2 Å². The summed E-state index contributed by atoms with van der Waals surface area (Å²) in [5.41, 5.74) is 10.2. The van der Waals surface area contributed by atoms with Crippen LogP contribution in [-0.4, -0.2) is 30.5 Å². The molecule has 1 aromatic heterocycles. The van der Waals surface area contributed by atoms with Crippen LogP contribution in [0.15, 0.2) is 76.2 Å². The van der Waals surface area contributed by atoms with Crippen LogP contribution in [0, 0.1) is 6.92 Å². The Morgan fingerprint density at radius 2 is 1.55 bits per heavy atom. The highest BCUT2D eigenvalue weighted by molar-refractivity contribution is 6.10. The lowest BCUT2D eigenvalue weighted by Crippen LogP contribution is -2.41. The lowest BCUT2D eigenvalue weighted by molar-refractivity contribution is 0.0827. The summed E-state index contributed by atoms with van der Waals surface area (Å²) < 4.78 is 11.1. The van der Waals surface area contributed by atoms with Crippen molar-refractivity contribution < 1.29 is 23.5 Å². The van der Waals surface area contributed by atoms with Crippen molar-refractivity contribution in [1.82, 2.24) is 16.3 Å². The second-order valence-electron chi connectivity index (χ2n) is 8.84. The molecule has 1 heterocycles. The van der Waals surface area contributed by atoms with Crippen LogP contribution >= 0.6 is 0 Å². The SMILES string of the molecule is COc1ccccc1C(=O)NNC(=O)c1oc2c(c1C)/C(=N/NC(=O)c1cccc3ccccc13)CCC2. The van der Waals surface area contributed by atoms with Gasteiger partial charge in [0.05, 0.1) is 18.4 Å². The normalized spacial score (nSPS) is 13.6. The number of hydrogen-bond acceptors (Lipinski definition) is 6. The average Bonchev–Trinajstić information content (AvgIpc) is 3.31. The monoisotopic (exact) mass is 510 g/mol. The van der Waals surface area contributed by atoms with Crippen LogP contribution in [0.3, 0.4) is 0 Å². The number of fused-ring (bicyclic) bond motifs is 2. The van der Waals surface area contributed by atoms with E-state index in [2.05, 4.69) is 21.4 Å². The minimum Gasteiger partial charge on any atom is -0.496 e. The van der Waals surface area contributed by atoms with E-state index in [1.807, 2.05) is 36.4 Å². The molecule has 0 fully saturated rings. The van der Waals surface area contributed by atoms with Crippen LogP contribution in [0.5, 0.6) is 5.75 Å². The van der Waals surface area contributed by atoms with E-state index in [-0.39, 0.29) is 17.2 Å². The third-order valence-electron chi connectivity index (χ3n) is 6.50. The number of amides is 3. The zero-order valence-electron chi connectivity index (χ0n) is 21.0. The number of hydrogen-bond donors (Lipinski definition) is 3. The summed E-state index contributed by atoms with van der Waals surface area (Å²) in [5, 5.41) is 6.22. The molecule has 1 aliphatic rings. The highest BCUT2D eigenvalue weighted by Crippen LogP contribution is 2.30. The smallest absolute Gasteiger partial charge is 0.305 e. The number of carbonyl (C=O) groups excluding carboxylic acids is 3. The maximum atomic E-state index is 13.0. The van der Waals surface area contributed by atoms with Crippen molar-refractivity contribution in [3.05, 3.63) is 101 Å². The van der Waals surface area contributed by atoms with Gasteiger partial charge >= 0.3 is 5.91 Å². The van der Waals surface area contributed by atoms with Crippen LogP contribution < -0.4 is 21.0 Å². The van der Waals surface area contributed by atoms with Crippen LogP contribution in [0.4, 0.5) is 0 Å². The van der Waals surface area contributed by atoms with Crippen molar-refractivity contribution in [1.29, 1.82) is 0 Å². The van der Waals surface area contributed by atoms with Crippen molar-refractivity contribution in [3.63, 3.8) is 0 Å². The molecule has 0 spiro atoms. The zero-order valence-corrected chi connectivity index (χ0v) is 21.0. The van der Waals surface area contributed by atoms with Crippen molar-refractivity contribution in [2.75, 3.05) is 7.11 Å². The third-order valence-corrected chi connectivity index (χ3v) is 6.50. The van der Waals surface area contributed by atoms with E-state index in [0.717, 1.165) is 17.2 Å². The fourth-order valence-electron chi connectivity index (χ4n) is 4.67. The number of rotatable bonds is 5. The van der Waals surface area contributed by atoms with Crippen molar-refractivity contribution in [3.8, 4) is 5.75 Å². The number of ether oxygens (including phenoxy) is 1. The summed E-state index contributed by atoms with van der Waals surface area (Å²) in [6.07, 6.45) is 2.01. The number of para-hydroxylation sites is 1. The first-order valence-electron chi connectivity index (χ1n) is 12.2. The molecule has 3 N–H and O–H groups in total. The molecule has 0 unspecified atom stereocenters. The van der Waals surface area contributed by atoms with Gasteiger partial charge in [0.2, 0.25) is 0 Å². The number of hydrazone groups is 1. The Labute approximate surface area is 218 Å². The average molecular weight is 511 g/mol. The molecule has 3 amide bonds. The van der Waals surface area contributed by atoms with E-state index < -0.39 is 11.8 Å². The summed E-state index contributed by atoms with van der Waals surface area (Å²) in [6.45, 7) is 1.76. The van der Waals surface area contributed by atoms with E-state index in [9.17, 15) is 14.4 Å². The molecule has 192 valence electrons. The molecule has 0 bridgehead atoms. The number of aryl methyl sites for hydroxylation is 1. The van der Waals surface area contributed by atoms with Crippen molar-refractivity contribution in [2.45, 2.75) is 26.2 Å². The topological polar surface area (TPSA) is 122 Å². The molecule has 0 saturated carbocycles. The van der Waals surface area contributed by atoms with Gasteiger partial charge in [-0.15, -0.1) is 0 Å². The number of benzene rings is 3. The fraction of sp³-hybridized carbons (Fsp3) is 0.172. The van der Waals surface area contributed by atoms with Crippen LogP contribution in [0.1, 0.15) is 61.0 Å². The molecule has 0 radical (unpaired) electrons. The molecule has 5 rings (SSSR count). The van der Waals surface area contributed by atoms with Gasteiger partial charge in [-0.2, -0.15) is 5.10 Å². The van der Waals surface area contributed by atoms with Gasteiger partial charge in [0.1, 0.15) is 11.5 Å². The molecule has 0 atom stereocenters. The first-order chi connectivity index (χ1) is 18.5. The van der Waals surface area contributed by atoms with Crippen LogP contribution in [-0.2, 0) is 6.42 Å². The Balaban J connectivity index is 1.33. The number of nitrogens with zero attached hydrogens (tertiary/aromatic N) is 1. The standard InChI is InChI=1S/C29H26N4O5/c1-17-25-22(30-31-27(34)20-13-7-10-18-9-3-4-11-19(18)20)14-8-16-24(25)38-26(17)29(36)33-32-28(35)21-12-5-6-15-23(21)37-2/h3-7,9-13,15H,8,14,16H2,1-2H3,(H,31,34)(H,32,35)(H,33,36)/b30-22+. The lowest BCUT2D eigenvalue weighted by Gasteiger charge is -2.13. The van der Waals surface area contributed by atoms with Crippen molar-refractivity contribution in [2.24, 2.45) is 5.10 Å². The summed E-state index contributed by atoms with van der Waals surface area (Å²) in [6, 6.07) is 19.9. The summed E-state index contributed by atoms with van der Waals surface area (Å²) in [5.74, 6) is -0.365. The maximum Gasteiger partial charge on any atom is 0.305 e. The number of nitrogens with one attached hydrogen (secondary N) is 3. The Morgan fingerprint density at radius 1 is 0.842 bits per heavy atom. The van der Waals surface area contributed by atoms with Gasteiger partial charge in [-0.05, 0) is 48.7 Å². The van der Waals surface area contributed by atoms with Crippen molar-refractivity contribution >= 4 is 34.2 Å². The Hall–Kier alpha value is -4.92. The molecular formula is C29H26N4O5. The Kier molecular flexibility index (Phi) is 6.90. The second-order valence-corrected chi connectivity index (χ2v) is 8.84. The van der Waals surface area contributed by atoms with Gasteiger partial charge in [0, 0.05) is 23.1 Å². The largest absolute Gasteiger partial charge is 0.496 e. The Morgan fingerprint density at radius 3 is 2.39 bits per heavy atom. The molecule has 9 nitrogen and oxygen atoms in total. The van der Waals surface area contributed by atoms with Gasteiger partial charge in [-0.1, -0.05) is 48.5 Å². The predicted octanol–water partition coefficient (Wildman–Crippen LogP) is 4.30. The summed E-state index contributed by atoms with van der Waals surface area (Å²) >= 11 is 0. The molecular weight excluding hydrogens is 484 g/mol. The fourth-order valence-corrected chi connectivity index (χ4v) is 4.67. The summed E-state index contributed by atoms with van der Waals surface area (Å²) in [7, 11) is 1.46. The number of furan rings is 1. The minimum atomic E-state index is -0.598. The molecule has 9 heteroatoms. The van der Waals surface area contributed by atoms with Gasteiger partial charge in [0.15, 0.2) is 5.76 Å². The highest BCUT2D eigenvalue weighted by atomic mass is 16.5. The Bertz CT molecular complexity index is 1580. The maximum absolute atomic E-state index is 13.0. The summed E-state index contributed by atoms with van der Waals surface area (Å²) in [4.78, 5) is 38.4. The minimum absolute atomic E-state index is 0.0744. The molecule has 0 saturated heterocycles. The lowest BCUT2D eigenvalue weighted by atomic mass is 9.93. The van der Waals surface area contributed by atoms with E-state index in [1.165, 1.54) is 7.11 Å². The van der Waals surface area contributed by atoms with Gasteiger partial charge in [-0.25, -0.2) is 5.43 Å². The van der Waals surface area contributed by atoms with Gasteiger partial charge in [0.25, 0.3) is 11.8 Å². The van der Waals surface area contributed by atoms with Crippen LogP contribution in [0.2, 0.25) is 0 Å². The first kappa shape index (κ1) is 24.8. The molecule has 4 aromatic rings. The number of methoxy groups -OCH3 is 1. The molecule has 3 aromatic carbocycles. The van der Waals surface area contributed by atoms with E-state index in [1.54, 1.807) is 37.3 Å². The zero-order chi connectivity index (χ0) is 26.6. The number of carbonyl (C=O) groups is 3. The molecule has 38 heavy (non-hydrogen) atoms. The second kappa shape index (κ2) is 10.6. The molecule has 0 aliphatic heterocycles. The van der Waals surface area contributed by atoms with E-state index in [0.29, 0.717) is 46.8 Å². The molecule has 1 aliphatic carbocycles. The van der Waals surface area contributed by atoms with Crippen LogP contribution in [0.25, 0.3) is 10.8 Å². The third kappa shape index (κ3) is 4.73. The number of hydrazine groups is 1. The van der Waals surface area contributed by atoms with E-state index >= 15 is 0 Å².